The second-order valence-electron chi connectivity index (χ2n) is 3.38. The van der Waals surface area contributed by atoms with Gasteiger partial charge in [-0.1, -0.05) is 19.9 Å². The minimum Gasteiger partial charge on any atom is -0.459 e. The van der Waals surface area contributed by atoms with Crippen molar-refractivity contribution >= 4 is 5.97 Å². The van der Waals surface area contributed by atoms with Gasteiger partial charge in [0, 0.05) is 0 Å². The van der Waals surface area contributed by atoms with E-state index in [1.54, 1.807) is 0 Å². The average molecular weight is 200 g/mol. The van der Waals surface area contributed by atoms with Gasteiger partial charge in [0.15, 0.2) is 0 Å². The van der Waals surface area contributed by atoms with Gasteiger partial charge >= 0.3 is 5.97 Å². The first kappa shape index (κ1) is 11.2. The van der Waals surface area contributed by atoms with E-state index in [9.17, 15) is 9.90 Å². The highest BCUT2D eigenvalue weighted by Gasteiger charge is 2.25. The Balaban J connectivity index is 2.23. The summed E-state index contributed by atoms with van der Waals surface area (Å²) in [5.74, 6) is -0.526. The first-order chi connectivity index (χ1) is 6.65. The molecule has 1 heterocycles. The number of hydrogen-bond donors (Lipinski definition) is 1. The topological polar surface area (TPSA) is 59.1 Å². The zero-order chi connectivity index (χ0) is 10.6. The molecule has 0 bridgehead atoms. The molecule has 0 aliphatic carbocycles. The van der Waals surface area contributed by atoms with Crippen molar-refractivity contribution in [1.82, 2.24) is 0 Å². The highest BCUT2D eigenvalue weighted by Crippen LogP contribution is 2.12. The standard InChI is InChI=1S/C10H16O4/c1-3-4-9(11)7(2)10(12)14-6-8-5-13-8/h8-9,11H,2-6H2,1H3. The molecule has 0 amide bonds. The van der Waals surface area contributed by atoms with E-state index < -0.39 is 12.1 Å². The Kier molecular flexibility index (Phi) is 4.10. The number of ether oxygens (including phenoxy) is 2. The van der Waals surface area contributed by atoms with Crippen molar-refractivity contribution in [3.8, 4) is 0 Å². The van der Waals surface area contributed by atoms with Crippen LogP contribution in [0.4, 0.5) is 0 Å². The molecular weight excluding hydrogens is 184 g/mol. The molecule has 2 atom stereocenters. The molecule has 0 aromatic rings. The van der Waals surface area contributed by atoms with Crippen LogP contribution in [0.5, 0.6) is 0 Å². The number of hydrogen-bond acceptors (Lipinski definition) is 4. The van der Waals surface area contributed by atoms with Gasteiger partial charge in [-0.3, -0.25) is 0 Å². The molecule has 0 aromatic carbocycles. The second-order valence-corrected chi connectivity index (χ2v) is 3.38. The van der Waals surface area contributed by atoms with Crippen LogP contribution in [-0.4, -0.2) is 36.5 Å². The number of esters is 1. The van der Waals surface area contributed by atoms with Gasteiger partial charge in [0.05, 0.1) is 18.3 Å². The zero-order valence-electron chi connectivity index (χ0n) is 8.36. The van der Waals surface area contributed by atoms with E-state index in [1.165, 1.54) is 0 Å². The summed E-state index contributed by atoms with van der Waals surface area (Å²) in [5.41, 5.74) is 0.132. The molecule has 0 saturated carbocycles. The zero-order valence-corrected chi connectivity index (χ0v) is 8.36. The SMILES string of the molecule is C=C(C(=O)OCC1CO1)C(O)CCC. The fourth-order valence-corrected chi connectivity index (χ4v) is 1.01. The van der Waals surface area contributed by atoms with E-state index >= 15 is 0 Å². The molecule has 0 spiro atoms. The Morgan fingerprint density at radius 2 is 2.43 bits per heavy atom. The Morgan fingerprint density at radius 3 is 2.93 bits per heavy atom. The van der Waals surface area contributed by atoms with Crippen molar-refractivity contribution in [3.63, 3.8) is 0 Å². The Hall–Kier alpha value is -0.870. The molecule has 0 aromatic heterocycles. The number of aliphatic hydroxyl groups excluding tert-OH is 1. The van der Waals surface area contributed by atoms with Gasteiger partial charge in [-0.2, -0.15) is 0 Å². The van der Waals surface area contributed by atoms with E-state index in [2.05, 4.69) is 6.58 Å². The Labute approximate surface area is 83.5 Å². The predicted molar refractivity (Wildman–Crippen MR) is 50.8 cm³/mol. The van der Waals surface area contributed by atoms with Crippen molar-refractivity contribution in [2.24, 2.45) is 0 Å². The highest BCUT2D eigenvalue weighted by atomic mass is 16.6. The number of epoxide rings is 1. The monoisotopic (exact) mass is 200 g/mol. The Morgan fingerprint density at radius 1 is 1.79 bits per heavy atom. The van der Waals surface area contributed by atoms with Gasteiger partial charge < -0.3 is 14.6 Å². The maximum Gasteiger partial charge on any atom is 0.336 e. The van der Waals surface area contributed by atoms with E-state index in [0.717, 1.165) is 6.42 Å². The van der Waals surface area contributed by atoms with Gasteiger partial charge in [0.2, 0.25) is 0 Å². The summed E-state index contributed by atoms with van der Waals surface area (Å²) in [6.07, 6.45) is 0.607. The van der Waals surface area contributed by atoms with Gasteiger partial charge in [-0.15, -0.1) is 0 Å². The molecular formula is C10H16O4. The molecule has 1 N–H and O–H groups in total. The molecule has 80 valence electrons. The maximum absolute atomic E-state index is 11.3. The summed E-state index contributed by atoms with van der Waals surface area (Å²) in [5, 5.41) is 9.44. The average Bonchev–Trinajstić information content (AvgIpc) is 2.97. The number of rotatable bonds is 6. The van der Waals surface area contributed by atoms with Crippen molar-refractivity contribution in [1.29, 1.82) is 0 Å². The van der Waals surface area contributed by atoms with Crippen LogP contribution in [0.3, 0.4) is 0 Å². The van der Waals surface area contributed by atoms with Gasteiger partial charge in [0.1, 0.15) is 12.7 Å². The molecule has 1 saturated heterocycles. The lowest BCUT2D eigenvalue weighted by molar-refractivity contribution is -0.140. The molecule has 4 heteroatoms. The van der Waals surface area contributed by atoms with Gasteiger partial charge in [-0.25, -0.2) is 4.79 Å². The third-order valence-electron chi connectivity index (χ3n) is 2.03. The van der Waals surface area contributed by atoms with E-state index in [4.69, 9.17) is 9.47 Å². The molecule has 1 fully saturated rings. The van der Waals surface area contributed by atoms with E-state index in [0.29, 0.717) is 13.0 Å². The first-order valence-corrected chi connectivity index (χ1v) is 4.80. The van der Waals surface area contributed by atoms with E-state index in [1.807, 2.05) is 6.92 Å². The van der Waals surface area contributed by atoms with Crippen LogP contribution >= 0.6 is 0 Å². The summed E-state index contributed by atoms with van der Waals surface area (Å²) in [6.45, 7) is 6.35. The normalized spacial score (nSPS) is 21.4. The second kappa shape index (κ2) is 5.12. The largest absolute Gasteiger partial charge is 0.459 e. The van der Waals surface area contributed by atoms with Gasteiger partial charge in [-0.05, 0) is 6.42 Å². The lowest BCUT2D eigenvalue weighted by atomic mass is 10.1. The van der Waals surface area contributed by atoms with Crippen molar-refractivity contribution in [3.05, 3.63) is 12.2 Å². The number of carbonyl (C=O) groups is 1. The summed E-state index contributed by atoms with van der Waals surface area (Å²) < 4.78 is 9.75. The third kappa shape index (κ3) is 3.47. The smallest absolute Gasteiger partial charge is 0.336 e. The van der Waals surface area contributed by atoms with E-state index in [-0.39, 0.29) is 18.3 Å². The van der Waals surface area contributed by atoms with Crippen LogP contribution in [0, 0.1) is 0 Å². The van der Waals surface area contributed by atoms with Crippen molar-refractivity contribution in [2.45, 2.75) is 32.0 Å². The summed E-state index contributed by atoms with van der Waals surface area (Å²) in [7, 11) is 0. The summed E-state index contributed by atoms with van der Waals surface area (Å²) in [4.78, 5) is 11.3. The molecule has 14 heavy (non-hydrogen) atoms. The van der Waals surface area contributed by atoms with Crippen molar-refractivity contribution < 1.29 is 19.4 Å². The highest BCUT2D eigenvalue weighted by molar-refractivity contribution is 5.88. The van der Waals surface area contributed by atoms with Crippen molar-refractivity contribution in [2.75, 3.05) is 13.2 Å². The van der Waals surface area contributed by atoms with Gasteiger partial charge in [0.25, 0.3) is 0 Å². The fourth-order valence-electron chi connectivity index (χ4n) is 1.01. The Bertz CT molecular complexity index is 220. The predicted octanol–water partition coefficient (Wildman–Crippen LogP) is 0.646. The molecule has 4 nitrogen and oxygen atoms in total. The molecule has 1 aliphatic rings. The minimum absolute atomic E-state index is 0.0510. The first-order valence-electron chi connectivity index (χ1n) is 4.80. The lowest BCUT2D eigenvalue weighted by Gasteiger charge is -2.11. The molecule has 2 unspecified atom stereocenters. The molecule has 1 rings (SSSR count). The quantitative estimate of drug-likeness (QED) is 0.388. The molecule has 0 radical (unpaired) electrons. The lowest BCUT2D eigenvalue weighted by Crippen LogP contribution is -2.20. The number of carbonyl (C=O) groups excluding carboxylic acids is 1. The maximum atomic E-state index is 11.3. The van der Waals surface area contributed by atoms with Crippen LogP contribution in [0.2, 0.25) is 0 Å². The van der Waals surface area contributed by atoms with Crippen LogP contribution in [0.1, 0.15) is 19.8 Å². The van der Waals surface area contributed by atoms with Crippen LogP contribution in [0.15, 0.2) is 12.2 Å². The fraction of sp³-hybridized carbons (Fsp3) is 0.700. The molecule has 1 aliphatic heterocycles. The minimum atomic E-state index is -0.785. The van der Waals surface area contributed by atoms with Crippen LogP contribution in [0.25, 0.3) is 0 Å². The summed E-state index contributed by atoms with van der Waals surface area (Å²) in [6, 6.07) is 0. The summed E-state index contributed by atoms with van der Waals surface area (Å²) >= 11 is 0. The third-order valence-corrected chi connectivity index (χ3v) is 2.03. The number of aliphatic hydroxyl groups is 1. The van der Waals surface area contributed by atoms with Crippen LogP contribution in [-0.2, 0) is 14.3 Å². The van der Waals surface area contributed by atoms with Crippen LogP contribution < -0.4 is 0 Å².